The molecular weight excluding hydrogens is 316 g/mol. The lowest BCUT2D eigenvalue weighted by molar-refractivity contribution is -0.159. The zero-order valence-corrected chi connectivity index (χ0v) is 16.0. The molecule has 1 aliphatic rings. The minimum atomic E-state index is -1.61. The Labute approximate surface area is 152 Å². The van der Waals surface area contributed by atoms with E-state index in [4.69, 9.17) is 5.11 Å². The van der Waals surface area contributed by atoms with Crippen LogP contribution in [0.1, 0.15) is 90.9 Å². The molecule has 0 aliphatic heterocycles. The van der Waals surface area contributed by atoms with Crippen LogP contribution in [0.15, 0.2) is 12.2 Å². The first-order valence-corrected chi connectivity index (χ1v) is 10.1. The van der Waals surface area contributed by atoms with E-state index in [0.717, 1.165) is 25.7 Å². The Bertz CT molecular complexity index is 443. The predicted octanol–water partition coefficient (Wildman–Crippen LogP) is 4.89. The van der Waals surface area contributed by atoms with Gasteiger partial charge in [0.1, 0.15) is 5.78 Å². The van der Waals surface area contributed by atoms with Gasteiger partial charge in [-0.2, -0.15) is 0 Å². The number of ketones is 1. The lowest BCUT2D eigenvalue weighted by Gasteiger charge is -2.22. The van der Waals surface area contributed by atoms with Crippen LogP contribution in [0.3, 0.4) is 0 Å². The van der Waals surface area contributed by atoms with Crippen LogP contribution in [-0.2, 0) is 9.59 Å². The molecule has 0 heterocycles. The Balaban J connectivity index is 2.35. The average Bonchev–Trinajstić information content (AvgIpc) is 2.94. The summed E-state index contributed by atoms with van der Waals surface area (Å²) < 4.78 is 0. The summed E-state index contributed by atoms with van der Waals surface area (Å²) >= 11 is 0. The monoisotopic (exact) mass is 352 g/mol. The topological polar surface area (TPSA) is 74.6 Å². The summed E-state index contributed by atoms with van der Waals surface area (Å²) in [4.78, 5) is 23.2. The van der Waals surface area contributed by atoms with E-state index in [1.807, 2.05) is 0 Å². The molecule has 0 bridgehead atoms. The van der Waals surface area contributed by atoms with Gasteiger partial charge < -0.3 is 10.2 Å². The normalized spacial score (nSPS) is 23.2. The molecule has 1 fully saturated rings. The van der Waals surface area contributed by atoms with Gasteiger partial charge in [-0.3, -0.25) is 4.79 Å². The molecule has 4 nitrogen and oxygen atoms in total. The van der Waals surface area contributed by atoms with Crippen molar-refractivity contribution < 1.29 is 19.8 Å². The zero-order valence-electron chi connectivity index (χ0n) is 16.0. The van der Waals surface area contributed by atoms with Gasteiger partial charge in [-0.15, -0.1) is 0 Å². The molecule has 1 unspecified atom stereocenters. The number of carbonyl (C=O) groups excluding carboxylic acids is 1. The standard InChI is InChI=1S/C21H36O4/c1-3-5-6-7-8-9-12-17-14-15-19(22)18(17)13-10-11-16-21(25,4-2)20(23)24/h9,12,17-18,25H,3-8,10-11,13-16H2,1-2H3,(H,23,24)/t17-,18+,21?/m0/s1. The summed E-state index contributed by atoms with van der Waals surface area (Å²) in [7, 11) is 0. The molecule has 25 heavy (non-hydrogen) atoms. The summed E-state index contributed by atoms with van der Waals surface area (Å²) in [5, 5.41) is 19.1. The van der Waals surface area contributed by atoms with Gasteiger partial charge in [0.25, 0.3) is 0 Å². The quantitative estimate of drug-likeness (QED) is 0.365. The van der Waals surface area contributed by atoms with Gasteiger partial charge in [-0.25, -0.2) is 4.79 Å². The van der Waals surface area contributed by atoms with Crippen LogP contribution < -0.4 is 0 Å². The smallest absolute Gasteiger partial charge is 0.335 e. The fraction of sp³-hybridized carbons (Fsp3) is 0.810. The fourth-order valence-corrected chi connectivity index (χ4v) is 3.72. The van der Waals surface area contributed by atoms with Crippen molar-refractivity contribution in [1.29, 1.82) is 0 Å². The van der Waals surface area contributed by atoms with Gasteiger partial charge in [0, 0.05) is 12.3 Å². The van der Waals surface area contributed by atoms with Gasteiger partial charge in [0.05, 0.1) is 0 Å². The number of unbranched alkanes of at least 4 members (excludes halogenated alkanes) is 5. The van der Waals surface area contributed by atoms with Gasteiger partial charge in [0.15, 0.2) is 5.60 Å². The third-order valence-electron chi connectivity index (χ3n) is 5.60. The van der Waals surface area contributed by atoms with Crippen molar-refractivity contribution in [3.8, 4) is 0 Å². The molecule has 1 rings (SSSR count). The largest absolute Gasteiger partial charge is 0.479 e. The van der Waals surface area contributed by atoms with Crippen LogP contribution in [0, 0.1) is 11.8 Å². The lowest BCUT2D eigenvalue weighted by Crippen LogP contribution is -2.37. The highest BCUT2D eigenvalue weighted by Crippen LogP contribution is 2.34. The van der Waals surface area contributed by atoms with Crippen molar-refractivity contribution in [3.63, 3.8) is 0 Å². The molecule has 1 aliphatic carbocycles. The fourth-order valence-electron chi connectivity index (χ4n) is 3.72. The number of rotatable bonds is 13. The maximum atomic E-state index is 12.1. The van der Waals surface area contributed by atoms with Gasteiger partial charge in [-0.05, 0) is 50.9 Å². The molecule has 3 atom stereocenters. The number of allylic oxidation sites excluding steroid dienone is 2. The number of hydrogen-bond acceptors (Lipinski definition) is 3. The van der Waals surface area contributed by atoms with Crippen LogP contribution in [0.4, 0.5) is 0 Å². The molecule has 0 aromatic rings. The summed E-state index contributed by atoms with van der Waals surface area (Å²) in [5.74, 6) is -0.352. The summed E-state index contributed by atoms with van der Waals surface area (Å²) in [5.41, 5.74) is -1.61. The number of carboxylic acid groups (broad SMARTS) is 1. The maximum Gasteiger partial charge on any atom is 0.335 e. The lowest BCUT2D eigenvalue weighted by atomic mass is 9.87. The second kappa shape index (κ2) is 11.5. The van der Waals surface area contributed by atoms with Crippen LogP contribution >= 0.6 is 0 Å². The Morgan fingerprint density at radius 2 is 1.96 bits per heavy atom. The highest BCUT2D eigenvalue weighted by atomic mass is 16.4. The van der Waals surface area contributed by atoms with Gasteiger partial charge >= 0.3 is 5.97 Å². The highest BCUT2D eigenvalue weighted by molar-refractivity contribution is 5.83. The second-order valence-corrected chi connectivity index (χ2v) is 7.49. The van der Waals surface area contributed by atoms with E-state index in [-0.39, 0.29) is 18.8 Å². The van der Waals surface area contributed by atoms with Crippen LogP contribution in [0.5, 0.6) is 0 Å². The number of carbonyl (C=O) groups is 2. The van der Waals surface area contributed by atoms with Crippen molar-refractivity contribution in [1.82, 2.24) is 0 Å². The Morgan fingerprint density at radius 3 is 2.60 bits per heavy atom. The van der Waals surface area contributed by atoms with Crippen LogP contribution in [0.2, 0.25) is 0 Å². The Kier molecular flexibility index (Phi) is 10.0. The van der Waals surface area contributed by atoms with E-state index < -0.39 is 11.6 Å². The Morgan fingerprint density at radius 1 is 1.20 bits per heavy atom. The molecule has 1 saturated carbocycles. The summed E-state index contributed by atoms with van der Waals surface area (Å²) in [6, 6.07) is 0. The molecular formula is C21H36O4. The van der Waals surface area contributed by atoms with E-state index in [1.165, 1.54) is 25.7 Å². The SMILES string of the molecule is CCCCCCC=C[C@H]1CCC(=O)[C@@H]1CCCCC(O)(CC)C(=O)O. The summed E-state index contributed by atoms with van der Waals surface area (Å²) in [6.07, 6.45) is 15.0. The van der Waals surface area contributed by atoms with E-state index in [2.05, 4.69) is 19.1 Å². The van der Waals surface area contributed by atoms with Crippen molar-refractivity contribution in [3.05, 3.63) is 12.2 Å². The number of aliphatic hydroxyl groups is 1. The first-order chi connectivity index (χ1) is 11.9. The first kappa shape index (κ1) is 21.9. The van der Waals surface area contributed by atoms with Gasteiger partial charge in [0.2, 0.25) is 0 Å². The van der Waals surface area contributed by atoms with Gasteiger partial charge in [-0.1, -0.05) is 51.7 Å². The third kappa shape index (κ3) is 7.31. The summed E-state index contributed by atoms with van der Waals surface area (Å²) in [6.45, 7) is 3.90. The Hall–Kier alpha value is -1.16. The van der Waals surface area contributed by atoms with Crippen molar-refractivity contribution in [2.45, 2.75) is 96.5 Å². The second-order valence-electron chi connectivity index (χ2n) is 7.49. The van der Waals surface area contributed by atoms with Crippen molar-refractivity contribution in [2.24, 2.45) is 11.8 Å². The zero-order chi connectivity index (χ0) is 18.7. The highest BCUT2D eigenvalue weighted by Gasteiger charge is 2.34. The first-order valence-electron chi connectivity index (χ1n) is 10.1. The molecule has 0 aromatic carbocycles. The van der Waals surface area contributed by atoms with E-state index >= 15 is 0 Å². The molecule has 0 spiro atoms. The minimum Gasteiger partial charge on any atom is -0.479 e. The third-order valence-corrected chi connectivity index (χ3v) is 5.60. The molecule has 4 heteroatoms. The van der Waals surface area contributed by atoms with Crippen molar-refractivity contribution in [2.75, 3.05) is 0 Å². The molecule has 0 saturated heterocycles. The molecule has 0 radical (unpaired) electrons. The minimum absolute atomic E-state index is 0.0893. The number of carboxylic acids is 1. The average molecular weight is 353 g/mol. The van der Waals surface area contributed by atoms with E-state index in [0.29, 0.717) is 24.5 Å². The van der Waals surface area contributed by atoms with E-state index in [1.54, 1.807) is 6.92 Å². The predicted molar refractivity (Wildman–Crippen MR) is 100 cm³/mol. The van der Waals surface area contributed by atoms with Crippen LogP contribution in [-0.4, -0.2) is 27.6 Å². The van der Waals surface area contributed by atoms with Crippen molar-refractivity contribution >= 4 is 11.8 Å². The molecule has 0 amide bonds. The van der Waals surface area contributed by atoms with E-state index in [9.17, 15) is 14.7 Å². The molecule has 144 valence electrons. The number of hydrogen-bond donors (Lipinski definition) is 2. The molecule has 2 N–H and O–H groups in total. The number of aliphatic carboxylic acids is 1. The molecule has 0 aromatic heterocycles. The van der Waals surface area contributed by atoms with Crippen LogP contribution in [0.25, 0.3) is 0 Å². The maximum absolute atomic E-state index is 12.1. The number of Topliss-reactive ketones (excluding diaryl/α,β-unsaturated/α-hetero) is 1.